The van der Waals surface area contributed by atoms with E-state index in [0.717, 1.165) is 0 Å². The molecule has 0 radical (unpaired) electrons. The van der Waals surface area contributed by atoms with Gasteiger partial charge >= 0.3 is 11.7 Å². The number of carbonyl (C=O) groups excluding carboxylic acids is 1. The van der Waals surface area contributed by atoms with Gasteiger partial charge in [-0.15, -0.1) is 0 Å². The van der Waals surface area contributed by atoms with Crippen molar-refractivity contribution in [1.29, 1.82) is 0 Å². The van der Waals surface area contributed by atoms with Crippen molar-refractivity contribution in [2.24, 2.45) is 0 Å². The van der Waals surface area contributed by atoms with E-state index in [4.69, 9.17) is 14.2 Å². The number of esters is 1. The third kappa shape index (κ3) is 4.59. The third-order valence-electron chi connectivity index (χ3n) is 5.17. The number of aromatic nitrogens is 2. The maximum atomic E-state index is 12.4. The van der Waals surface area contributed by atoms with Crippen LogP contribution >= 0.6 is 0 Å². The second kappa shape index (κ2) is 9.01. The Morgan fingerprint density at radius 3 is 2.55 bits per heavy atom. The zero-order valence-corrected chi connectivity index (χ0v) is 16.9. The zero-order valence-electron chi connectivity index (χ0n) is 16.9. The summed E-state index contributed by atoms with van der Waals surface area (Å²) in [5.41, 5.74) is 0.455. The minimum atomic E-state index is -0.554. The number of ether oxygens (including phenoxy) is 3. The molecular formula is C23H22N2O6. The molecule has 0 saturated carbocycles. The lowest BCUT2D eigenvalue weighted by Gasteiger charge is -2.17. The molecule has 0 unspecified atom stereocenters. The SMILES string of the molecule is COc1ccc(-c2cn([C@H]3CC[C@H](COC(=O)c4ccccc4)O3)c(=O)[nH]c2=O)cc1. The van der Waals surface area contributed by atoms with Crippen molar-refractivity contribution in [3.05, 3.63) is 87.2 Å². The minimum absolute atomic E-state index is 0.0909. The topological polar surface area (TPSA) is 99.6 Å². The van der Waals surface area contributed by atoms with E-state index in [1.54, 1.807) is 55.6 Å². The van der Waals surface area contributed by atoms with Crippen LogP contribution in [0.1, 0.15) is 29.4 Å². The molecule has 0 bridgehead atoms. The quantitative estimate of drug-likeness (QED) is 0.613. The molecule has 31 heavy (non-hydrogen) atoms. The maximum Gasteiger partial charge on any atom is 0.338 e. The molecule has 160 valence electrons. The van der Waals surface area contributed by atoms with E-state index in [0.29, 0.717) is 35.3 Å². The van der Waals surface area contributed by atoms with E-state index in [2.05, 4.69) is 4.98 Å². The van der Waals surface area contributed by atoms with Crippen LogP contribution in [-0.4, -0.2) is 35.3 Å². The van der Waals surface area contributed by atoms with Crippen LogP contribution in [0.4, 0.5) is 0 Å². The summed E-state index contributed by atoms with van der Waals surface area (Å²) in [4.78, 5) is 39.2. The summed E-state index contributed by atoms with van der Waals surface area (Å²) < 4.78 is 17.8. The van der Waals surface area contributed by atoms with E-state index >= 15 is 0 Å². The molecule has 1 N–H and O–H groups in total. The van der Waals surface area contributed by atoms with Crippen LogP contribution in [0.3, 0.4) is 0 Å². The molecule has 0 aliphatic carbocycles. The second-order valence-corrected chi connectivity index (χ2v) is 7.19. The predicted octanol–water partition coefficient (Wildman–Crippen LogP) is 2.75. The summed E-state index contributed by atoms with van der Waals surface area (Å²) in [6.07, 6.45) is 1.80. The number of hydrogen-bond donors (Lipinski definition) is 1. The Hall–Kier alpha value is -3.65. The average molecular weight is 422 g/mol. The van der Waals surface area contributed by atoms with Crippen LogP contribution in [0.5, 0.6) is 5.75 Å². The van der Waals surface area contributed by atoms with Gasteiger partial charge in [-0.05, 0) is 42.7 Å². The number of hydrogen-bond acceptors (Lipinski definition) is 6. The van der Waals surface area contributed by atoms with Crippen LogP contribution in [0, 0.1) is 0 Å². The normalized spacial score (nSPS) is 18.0. The van der Waals surface area contributed by atoms with Crippen molar-refractivity contribution < 1.29 is 19.0 Å². The Bertz CT molecular complexity index is 1170. The molecule has 1 aromatic heterocycles. The lowest BCUT2D eigenvalue weighted by atomic mass is 10.1. The summed E-state index contributed by atoms with van der Waals surface area (Å²) in [5, 5.41) is 0. The largest absolute Gasteiger partial charge is 0.497 e. The molecule has 4 rings (SSSR count). The van der Waals surface area contributed by atoms with Crippen LogP contribution in [-0.2, 0) is 9.47 Å². The van der Waals surface area contributed by atoms with E-state index in [1.165, 1.54) is 10.8 Å². The van der Waals surface area contributed by atoms with E-state index in [-0.39, 0.29) is 12.7 Å². The fourth-order valence-corrected chi connectivity index (χ4v) is 3.52. The number of nitrogens with zero attached hydrogens (tertiary/aromatic N) is 1. The average Bonchev–Trinajstić information content (AvgIpc) is 3.27. The van der Waals surface area contributed by atoms with E-state index < -0.39 is 23.4 Å². The highest BCUT2D eigenvalue weighted by molar-refractivity contribution is 5.89. The van der Waals surface area contributed by atoms with Gasteiger partial charge in [0.1, 0.15) is 18.6 Å². The molecular weight excluding hydrogens is 400 g/mol. The van der Waals surface area contributed by atoms with E-state index in [9.17, 15) is 14.4 Å². The number of nitrogens with one attached hydrogen (secondary N) is 1. The number of methoxy groups -OCH3 is 1. The van der Waals surface area contributed by atoms with Gasteiger partial charge in [0.15, 0.2) is 0 Å². The Labute approximate surface area is 178 Å². The Kier molecular flexibility index (Phi) is 5.99. The molecule has 2 atom stereocenters. The summed E-state index contributed by atoms with van der Waals surface area (Å²) in [5.74, 6) is 0.246. The van der Waals surface area contributed by atoms with Crippen LogP contribution in [0.2, 0.25) is 0 Å². The Morgan fingerprint density at radius 1 is 1.10 bits per heavy atom. The third-order valence-corrected chi connectivity index (χ3v) is 5.17. The molecule has 8 heteroatoms. The van der Waals surface area contributed by atoms with Crippen molar-refractivity contribution in [1.82, 2.24) is 9.55 Å². The van der Waals surface area contributed by atoms with Gasteiger partial charge in [0.25, 0.3) is 5.56 Å². The van der Waals surface area contributed by atoms with Gasteiger partial charge in [0.2, 0.25) is 0 Å². The van der Waals surface area contributed by atoms with Crippen molar-refractivity contribution in [2.75, 3.05) is 13.7 Å². The van der Waals surface area contributed by atoms with Crippen molar-refractivity contribution in [2.45, 2.75) is 25.2 Å². The Balaban J connectivity index is 1.46. The lowest BCUT2D eigenvalue weighted by Crippen LogP contribution is -2.33. The molecule has 0 spiro atoms. The van der Waals surface area contributed by atoms with E-state index in [1.807, 2.05) is 6.07 Å². The highest BCUT2D eigenvalue weighted by Gasteiger charge is 2.29. The van der Waals surface area contributed by atoms with Crippen molar-refractivity contribution in [3.63, 3.8) is 0 Å². The number of aromatic amines is 1. The molecule has 2 heterocycles. The first kappa shape index (κ1) is 20.6. The smallest absolute Gasteiger partial charge is 0.338 e. The number of carbonyl (C=O) groups is 1. The van der Waals surface area contributed by atoms with Crippen LogP contribution in [0.25, 0.3) is 11.1 Å². The molecule has 1 saturated heterocycles. The van der Waals surface area contributed by atoms with Crippen molar-refractivity contribution in [3.8, 4) is 16.9 Å². The van der Waals surface area contributed by atoms with Gasteiger partial charge in [0.05, 0.1) is 24.3 Å². The predicted molar refractivity (Wildman–Crippen MR) is 113 cm³/mol. The lowest BCUT2D eigenvalue weighted by molar-refractivity contribution is -0.0339. The van der Waals surface area contributed by atoms with Crippen LogP contribution < -0.4 is 16.0 Å². The monoisotopic (exact) mass is 422 g/mol. The van der Waals surface area contributed by atoms with Crippen LogP contribution in [0.15, 0.2) is 70.4 Å². The molecule has 1 aliphatic rings. The molecule has 1 fully saturated rings. The fourth-order valence-electron chi connectivity index (χ4n) is 3.52. The maximum absolute atomic E-state index is 12.4. The first-order chi connectivity index (χ1) is 15.0. The summed E-state index contributed by atoms with van der Waals surface area (Å²) in [6.45, 7) is 0.0909. The molecule has 2 aromatic carbocycles. The minimum Gasteiger partial charge on any atom is -0.497 e. The van der Waals surface area contributed by atoms with Gasteiger partial charge in [-0.25, -0.2) is 9.59 Å². The highest BCUT2D eigenvalue weighted by Crippen LogP contribution is 2.28. The number of H-pyrrole nitrogens is 1. The highest BCUT2D eigenvalue weighted by atomic mass is 16.6. The zero-order chi connectivity index (χ0) is 21.8. The van der Waals surface area contributed by atoms with Gasteiger partial charge in [-0.3, -0.25) is 14.3 Å². The summed E-state index contributed by atoms with van der Waals surface area (Å²) in [7, 11) is 1.56. The van der Waals surface area contributed by atoms with Gasteiger partial charge in [0, 0.05) is 6.20 Å². The summed E-state index contributed by atoms with van der Waals surface area (Å²) >= 11 is 0. The number of benzene rings is 2. The molecule has 0 amide bonds. The van der Waals surface area contributed by atoms with Gasteiger partial charge in [-0.1, -0.05) is 30.3 Å². The molecule has 1 aliphatic heterocycles. The standard InChI is InChI=1S/C23H22N2O6/c1-29-17-9-7-15(8-10-17)19-13-25(23(28)24-21(19)26)20-12-11-18(31-20)14-30-22(27)16-5-3-2-4-6-16/h2-10,13,18,20H,11-12,14H2,1H3,(H,24,26,28)/t18-,20-/m1/s1. The Morgan fingerprint density at radius 2 is 1.84 bits per heavy atom. The first-order valence-electron chi connectivity index (χ1n) is 9.92. The molecule has 3 aromatic rings. The van der Waals surface area contributed by atoms with Crippen molar-refractivity contribution >= 4 is 5.97 Å². The molecule has 8 nitrogen and oxygen atoms in total. The fraction of sp³-hybridized carbons (Fsp3) is 0.261. The first-order valence-corrected chi connectivity index (χ1v) is 9.92. The van der Waals surface area contributed by atoms with Gasteiger partial charge in [-0.2, -0.15) is 0 Å². The number of rotatable bonds is 6. The second-order valence-electron chi connectivity index (χ2n) is 7.19. The van der Waals surface area contributed by atoms with Gasteiger partial charge < -0.3 is 14.2 Å². The summed E-state index contributed by atoms with van der Waals surface area (Å²) in [6, 6.07) is 15.7.